The van der Waals surface area contributed by atoms with Crippen LogP contribution in [0, 0.1) is 17.5 Å². The molecule has 0 saturated heterocycles. The lowest BCUT2D eigenvalue weighted by atomic mass is 9.95. The molecule has 4 rings (SSSR count). The first-order chi connectivity index (χ1) is 16.5. The van der Waals surface area contributed by atoms with Crippen molar-refractivity contribution in [1.82, 2.24) is 0 Å². The van der Waals surface area contributed by atoms with Crippen LogP contribution in [-0.2, 0) is 6.42 Å². The molecule has 4 aromatic rings. The van der Waals surface area contributed by atoms with Crippen molar-refractivity contribution in [3.63, 3.8) is 0 Å². The molecule has 34 heavy (non-hydrogen) atoms. The van der Waals surface area contributed by atoms with Crippen molar-refractivity contribution in [3.05, 3.63) is 102 Å². The maximum Gasteiger partial charge on any atom is 0.138 e. The highest BCUT2D eigenvalue weighted by atomic mass is 19.1. The van der Waals surface area contributed by atoms with Gasteiger partial charge in [0.25, 0.3) is 0 Å². The van der Waals surface area contributed by atoms with Gasteiger partial charge < -0.3 is 4.74 Å². The van der Waals surface area contributed by atoms with E-state index in [1.54, 1.807) is 42.5 Å². The van der Waals surface area contributed by atoms with Gasteiger partial charge in [-0.25, -0.2) is 13.2 Å². The first-order valence-corrected chi connectivity index (χ1v) is 11.6. The standard InChI is InChI=1S/C30H27F3O/c1-3-5-6-7-20-8-14-25-22(17-20)11-15-26(30(25)33)23-18-27(31)29(28(32)19-23)21-9-12-24(13-10-21)34-16-4-2/h4,8-15,17-19H,2-3,5-7,16H2,1H3. The predicted octanol–water partition coefficient (Wildman–Crippen LogP) is 8.89. The number of benzene rings is 4. The van der Waals surface area contributed by atoms with Crippen LogP contribution in [0.15, 0.2) is 79.4 Å². The van der Waals surface area contributed by atoms with Crippen molar-refractivity contribution < 1.29 is 17.9 Å². The van der Waals surface area contributed by atoms with Gasteiger partial charge in [0.15, 0.2) is 0 Å². The lowest BCUT2D eigenvalue weighted by Gasteiger charge is -2.12. The van der Waals surface area contributed by atoms with Crippen molar-refractivity contribution in [2.45, 2.75) is 32.6 Å². The van der Waals surface area contributed by atoms with Crippen LogP contribution in [0.4, 0.5) is 13.2 Å². The van der Waals surface area contributed by atoms with E-state index in [-0.39, 0.29) is 16.7 Å². The molecule has 174 valence electrons. The number of ether oxygens (including phenoxy) is 1. The number of unbranched alkanes of at least 4 members (excludes halogenated alkanes) is 2. The molecule has 1 nitrogen and oxygen atoms in total. The van der Waals surface area contributed by atoms with E-state index < -0.39 is 17.5 Å². The third-order valence-electron chi connectivity index (χ3n) is 5.95. The third-order valence-corrected chi connectivity index (χ3v) is 5.95. The van der Waals surface area contributed by atoms with E-state index in [0.717, 1.165) is 36.6 Å². The molecule has 0 atom stereocenters. The van der Waals surface area contributed by atoms with Gasteiger partial charge in [-0.15, -0.1) is 0 Å². The zero-order chi connectivity index (χ0) is 24.1. The molecular formula is C30H27F3O. The van der Waals surface area contributed by atoms with Crippen LogP contribution >= 0.6 is 0 Å². The fourth-order valence-corrected chi connectivity index (χ4v) is 4.18. The molecule has 0 amide bonds. The molecule has 0 fully saturated rings. The second-order valence-electron chi connectivity index (χ2n) is 8.38. The molecule has 0 unspecified atom stereocenters. The topological polar surface area (TPSA) is 9.23 Å². The Labute approximate surface area is 198 Å². The summed E-state index contributed by atoms with van der Waals surface area (Å²) in [7, 11) is 0. The number of fused-ring (bicyclic) bond motifs is 1. The van der Waals surface area contributed by atoms with Crippen molar-refractivity contribution in [2.24, 2.45) is 0 Å². The van der Waals surface area contributed by atoms with E-state index in [0.29, 0.717) is 23.3 Å². The number of aryl methyl sites for hydroxylation is 1. The Bertz CT molecular complexity index is 1290. The first kappa shape index (κ1) is 23.6. The number of hydrogen-bond acceptors (Lipinski definition) is 1. The summed E-state index contributed by atoms with van der Waals surface area (Å²) in [5.74, 6) is -1.40. The van der Waals surface area contributed by atoms with E-state index in [4.69, 9.17) is 4.74 Å². The van der Waals surface area contributed by atoms with Crippen molar-refractivity contribution in [2.75, 3.05) is 6.61 Å². The average molecular weight is 461 g/mol. The third kappa shape index (κ3) is 5.01. The second kappa shape index (κ2) is 10.6. The molecule has 0 aliphatic rings. The minimum absolute atomic E-state index is 0.156. The van der Waals surface area contributed by atoms with Gasteiger partial charge in [0.2, 0.25) is 0 Å². The fraction of sp³-hybridized carbons (Fsp3) is 0.200. The second-order valence-corrected chi connectivity index (χ2v) is 8.38. The van der Waals surface area contributed by atoms with Crippen molar-refractivity contribution >= 4 is 10.8 Å². The predicted molar refractivity (Wildman–Crippen MR) is 134 cm³/mol. The van der Waals surface area contributed by atoms with Crippen LogP contribution in [-0.4, -0.2) is 6.61 Å². The molecule has 4 aromatic carbocycles. The zero-order valence-electron chi connectivity index (χ0n) is 19.2. The van der Waals surface area contributed by atoms with Crippen molar-refractivity contribution in [1.29, 1.82) is 0 Å². The maximum atomic E-state index is 15.4. The maximum absolute atomic E-state index is 15.4. The van der Waals surface area contributed by atoms with Crippen LogP contribution < -0.4 is 4.74 Å². The summed E-state index contributed by atoms with van der Waals surface area (Å²) in [6.07, 6.45) is 5.97. The minimum Gasteiger partial charge on any atom is -0.490 e. The lowest BCUT2D eigenvalue weighted by molar-refractivity contribution is 0.363. The number of hydrogen-bond donors (Lipinski definition) is 0. The van der Waals surface area contributed by atoms with E-state index >= 15 is 13.2 Å². The van der Waals surface area contributed by atoms with Gasteiger partial charge in [0.1, 0.15) is 29.8 Å². The molecule has 0 aliphatic heterocycles. The highest BCUT2D eigenvalue weighted by Gasteiger charge is 2.17. The van der Waals surface area contributed by atoms with Gasteiger partial charge in [-0.1, -0.05) is 74.9 Å². The monoisotopic (exact) mass is 460 g/mol. The molecule has 0 aromatic heterocycles. The van der Waals surface area contributed by atoms with E-state index in [1.165, 1.54) is 12.1 Å². The summed E-state index contributed by atoms with van der Waals surface area (Å²) in [6, 6.07) is 17.9. The van der Waals surface area contributed by atoms with Crippen LogP contribution in [0.2, 0.25) is 0 Å². The average Bonchev–Trinajstić information content (AvgIpc) is 2.83. The molecular weight excluding hydrogens is 433 g/mol. The van der Waals surface area contributed by atoms with Gasteiger partial charge in [0, 0.05) is 10.9 Å². The summed E-state index contributed by atoms with van der Waals surface area (Å²) in [4.78, 5) is 0. The number of halogens is 3. The highest BCUT2D eigenvalue weighted by molar-refractivity contribution is 5.89. The molecule has 0 aliphatic carbocycles. The van der Waals surface area contributed by atoms with E-state index in [2.05, 4.69) is 13.5 Å². The fourth-order valence-electron chi connectivity index (χ4n) is 4.18. The highest BCUT2D eigenvalue weighted by Crippen LogP contribution is 2.35. The molecule has 0 spiro atoms. The first-order valence-electron chi connectivity index (χ1n) is 11.6. The van der Waals surface area contributed by atoms with Crippen LogP contribution in [0.1, 0.15) is 31.7 Å². The normalized spacial score (nSPS) is 11.1. The van der Waals surface area contributed by atoms with Crippen molar-refractivity contribution in [3.8, 4) is 28.0 Å². The van der Waals surface area contributed by atoms with Gasteiger partial charge in [-0.05, 0) is 59.2 Å². The number of rotatable bonds is 9. The largest absolute Gasteiger partial charge is 0.490 e. The summed E-state index contributed by atoms with van der Waals surface area (Å²) in [5.41, 5.74) is 1.72. The van der Waals surface area contributed by atoms with Crippen LogP contribution in [0.3, 0.4) is 0 Å². The molecule has 0 bridgehead atoms. The summed E-state index contributed by atoms with van der Waals surface area (Å²) in [5, 5.41) is 1.23. The Balaban J connectivity index is 1.65. The smallest absolute Gasteiger partial charge is 0.138 e. The van der Waals surface area contributed by atoms with E-state index in [9.17, 15) is 0 Å². The quantitative estimate of drug-likeness (QED) is 0.179. The molecule has 0 radical (unpaired) electrons. The minimum atomic E-state index is -0.750. The van der Waals surface area contributed by atoms with Gasteiger partial charge in [0.05, 0.1) is 5.56 Å². The SMILES string of the molecule is C=CCOc1ccc(-c2c(F)cc(-c3ccc4cc(CCCCC)ccc4c3F)cc2F)cc1. The summed E-state index contributed by atoms with van der Waals surface area (Å²) in [6.45, 7) is 6.09. The Morgan fingerprint density at radius 1 is 0.824 bits per heavy atom. The Kier molecular flexibility index (Phi) is 7.36. The van der Waals surface area contributed by atoms with Gasteiger partial charge in [-0.2, -0.15) is 0 Å². The lowest BCUT2D eigenvalue weighted by Crippen LogP contribution is -1.96. The Morgan fingerprint density at radius 2 is 1.56 bits per heavy atom. The molecule has 0 N–H and O–H groups in total. The summed E-state index contributed by atoms with van der Waals surface area (Å²) >= 11 is 0. The van der Waals surface area contributed by atoms with Gasteiger partial charge >= 0.3 is 0 Å². The molecule has 4 heteroatoms. The molecule has 0 heterocycles. The summed E-state index contributed by atoms with van der Waals surface area (Å²) < 4.78 is 50.8. The van der Waals surface area contributed by atoms with Crippen LogP contribution in [0.25, 0.3) is 33.0 Å². The Morgan fingerprint density at radius 3 is 2.24 bits per heavy atom. The molecule has 0 saturated carbocycles. The van der Waals surface area contributed by atoms with Crippen LogP contribution in [0.5, 0.6) is 5.75 Å². The van der Waals surface area contributed by atoms with E-state index in [1.807, 2.05) is 18.2 Å². The van der Waals surface area contributed by atoms with Gasteiger partial charge in [-0.3, -0.25) is 0 Å². The Hall–Kier alpha value is -3.53. The zero-order valence-corrected chi connectivity index (χ0v) is 19.2.